The van der Waals surface area contributed by atoms with E-state index in [1.165, 1.54) is 6.07 Å². The summed E-state index contributed by atoms with van der Waals surface area (Å²) in [7, 11) is 0. The molecule has 1 amide bonds. The Morgan fingerprint density at radius 3 is 2.53 bits per heavy atom. The number of aromatic nitrogens is 1. The first kappa shape index (κ1) is 21.2. The van der Waals surface area contributed by atoms with Gasteiger partial charge < -0.3 is 15.2 Å². The summed E-state index contributed by atoms with van der Waals surface area (Å²) in [5.41, 5.74) is 1.79. The van der Waals surface area contributed by atoms with Crippen LogP contribution in [-0.2, 0) is 4.79 Å². The molecule has 10 heteroatoms. The Labute approximate surface area is 188 Å². The summed E-state index contributed by atoms with van der Waals surface area (Å²) in [6.45, 7) is 3.46. The SMILES string of the molecule is CC1=C(C(=O)Nc2cc(C)on2)[C@H](c2ccccc2[N+](=O)[O-])NC(=S)N1c1ccccc1. The van der Waals surface area contributed by atoms with Crippen LogP contribution in [0, 0.1) is 17.0 Å². The van der Waals surface area contributed by atoms with Crippen LogP contribution in [0.5, 0.6) is 0 Å². The minimum absolute atomic E-state index is 0.114. The lowest BCUT2D eigenvalue weighted by Gasteiger charge is -2.37. The highest BCUT2D eigenvalue weighted by Gasteiger charge is 2.37. The van der Waals surface area contributed by atoms with Crippen LogP contribution >= 0.6 is 12.2 Å². The van der Waals surface area contributed by atoms with Gasteiger partial charge in [0.1, 0.15) is 5.76 Å². The predicted molar refractivity (Wildman–Crippen MR) is 123 cm³/mol. The zero-order valence-electron chi connectivity index (χ0n) is 17.2. The van der Waals surface area contributed by atoms with Gasteiger partial charge in [0, 0.05) is 23.5 Å². The van der Waals surface area contributed by atoms with Crippen LogP contribution in [0.1, 0.15) is 24.3 Å². The van der Waals surface area contributed by atoms with Crippen molar-refractivity contribution in [3.05, 3.63) is 93.4 Å². The van der Waals surface area contributed by atoms with E-state index in [4.69, 9.17) is 16.7 Å². The Hall–Kier alpha value is -4.05. The van der Waals surface area contributed by atoms with Crippen molar-refractivity contribution in [2.24, 2.45) is 0 Å². The number of para-hydroxylation sites is 2. The van der Waals surface area contributed by atoms with Gasteiger partial charge >= 0.3 is 0 Å². The van der Waals surface area contributed by atoms with Crippen LogP contribution in [0.2, 0.25) is 0 Å². The number of aryl methyl sites for hydroxylation is 1. The Kier molecular flexibility index (Phi) is 5.69. The van der Waals surface area contributed by atoms with E-state index in [9.17, 15) is 14.9 Å². The molecule has 0 radical (unpaired) electrons. The number of benzene rings is 2. The number of allylic oxidation sites excluding steroid dienone is 1. The lowest BCUT2D eigenvalue weighted by Crippen LogP contribution is -2.48. The summed E-state index contributed by atoms with van der Waals surface area (Å²) in [5, 5.41) is 21.7. The van der Waals surface area contributed by atoms with Gasteiger partial charge in [-0.05, 0) is 44.3 Å². The van der Waals surface area contributed by atoms with E-state index < -0.39 is 16.9 Å². The highest BCUT2D eigenvalue weighted by molar-refractivity contribution is 7.80. The number of amides is 1. The second-order valence-electron chi connectivity index (χ2n) is 7.15. The largest absolute Gasteiger partial charge is 0.360 e. The summed E-state index contributed by atoms with van der Waals surface area (Å²) in [6, 6.07) is 16.3. The maximum Gasteiger partial charge on any atom is 0.275 e. The fraction of sp³-hybridized carbons (Fsp3) is 0.136. The summed E-state index contributed by atoms with van der Waals surface area (Å²) in [5.74, 6) is 0.304. The molecule has 3 aromatic rings. The molecule has 32 heavy (non-hydrogen) atoms. The van der Waals surface area contributed by atoms with E-state index in [0.29, 0.717) is 22.1 Å². The summed E-state index contributed by atoms with van der Waals surface area (Å²) >= 11 is 5.60. The number of hydrogen-bond acceptors (Lipinski definition) is 6. The van der Waals surface area contributed by atoms with Gasteiger partial charge in [-0.15, -0.1) is 0 Å². The molecule has 0 aliphatic carbocycles. The second-order valence-corrected chi connectivity index (χ2v) is 7.53. The molecule has 1 aliphatic heterocycles. The number of rotatable bonds is 5. The van der Waals surface area contributed by atoms with Gasteiger partial charge in [0.15, 0.2) is 10.9 Å². The van der Waals surface area contributed by atoms with Gasteiger partial charge in [0.2, 0.25) is 0 Å². The van der Waals surface area contributed by atoms with Crippen molar-refractivity contribution in [1.29, 1.82) is 0 Å². The van der Waals surface area contributed by atoms with Gasteiger partial charge in [0.25, 0.3) is 11.6 Å². The van der Waals surface area contributed by atoms with E-state index in [-0.39, 0.29) is 17.1 Å². The molecule has 0 saturated carbocycles. The molecule has 2 aromatic carbocycles. The normalized spacial score (nSPS) is 16.0. The molecule has 9 nitrogen and oxygen atoms in total. The minimum atomic E-state index is -0.836. The monoisotopic (exact) mass is 449 g/mol. The molecule has 0 spiro atoms. The van der Waals surface area contributed by atoms with Crippen LogP contribution in [-0.4, -0.2) is 21.1 Å². The van der Waals surface area contributed by atoms with Gasteiger partial charge in [0.05, 0.1) is 22.1 Å². The molecule has 2 N–H and O–H groups in total. The van der Waals surface area contributed by atoms with E-state index >= 15 is 0 Å². The first-order valence-corrected chi connectivity index (χ1v) is 10.1. The fourth-order valence-corrected chi connectivity index (χ4v) is 4.03. The topological polar surface area (TPSA) is 114 Å². The first-order valence-electron chi connectivity index (χ1n) is 9.71. The first-order chi connectivity index (χ1) is 15.4. The van der Waals surface area contributed by atoms with Crippen molar-refractivity contribution < 1.29 is 14.2 Å². The molecular formula is C22H19N5O4S. The zero-order valence-corrected chi connectivity index (χ0v) is 18.1. The number of nitro groups is 1. The molecule has 1 aromatic heterocycles. The Morgan fingerprint density at radius 2 is 1.88 bits per heavy atom. The predicted octanol–water partition coefficient (Wildman–Crippen LogP) is 4.24. The average Bonchev–Trinajstić information content (AvgIpc) is 3.18. The summed E-state index contributed by atoms with van der Waals surface area (Å²) in [4.78, 5) is 26.3. The van der Waals surface area contributed by atoms with Crippen molar-refractivity contribution >= 4 is 40.4 Å². The zero-order chi connectivity index (χ0) is 22.8. The Bertz CT molecular complexity index is 1240. The molecule has 0 saturated heterocycles. The van der Waals surface area contributed by atoms with Gasteiger partial charge in [-0.1, -0.05) is 35.5 Å². The van der Waals surface area contributed by atoms with Crippen molar-refractivity contribution in [1.82, 2.24) is 10.5 Å². The smallest absolute Gasteiger partial charge is 0.275 e. The minimum Gasteiger partial charge on any atom is -0.360 e. The number of nitro benzene ring substituents is 1. The van der Waals surface area contributed by atoms with Crippen LogP contribution in [0.3, 0.4) is 0 Å². The third-order valence-corrected chi connectivity index (χ3v) is 5.36. The number of carbonyl (C=O) groups excluding carboxylic acids is 1. The lowest BCUT2D eigenvalue weighted by molar-refractivity contribution is -0.385. The highest BCUT2D eigenvalue weighted by atomic mass is 32.1. The van der Waals surface area contributed by atoms with Gasteiger partial charge in [-0.3, -0.25) is 19.8 Å². The van der Waals surface area contributed by atoms with Crippen LogP contribution in [0.25, 0.3) is 0 Å². The Morgan fingerprint density at radius 1 is 1.19 bits per heavy atom. The Balaban J connectivity index is 1.86. The molecule has 1 atom stereocenters. The van der Waals surface area contributed by atoms with Gasteiger partial charge in [-0.2, -0.15) is 0 Å². The van der Waals surface area contributed by atoms with Crippen LogP contribution in [0.15, 0.2) is 76.5 Å². The summed E-state index contributed by atoms with van der Waals surface area (Å²) in [6.07, 6.45) is 0. The van der Waals surface area contributed by atoms with Crippen molar-refractivity contribution in [3.8, 4) is 0 Å². The second kappa shape index (κ2) is 8.60. The van der Waals surface area contributed by atoms with E-state index in [1.807, 2.05) is 30.3 Å². The lowest BCUT2D eigenvalue weighted by atomic mass is 9.93. The van der Waals surface area contributed by atoms with Crippen LogP contribution < -0.4 is 15.5 Å². The van der Waals surface area contributed by atoms with Crippen molar-refractivity contribution in [3.63, 3.8) is 0 Å². The van der Waals surface area contributed by atoms with E-state index in [0.717, 1.165) is 5.69 Å². The number of hydrogen-bond donors (Lipinski definition) is 2. The highest BCUT2D eigenvalue weighted by Crippen LogP contribution is 2.37. The summed E-state index contributed by atoms with van der Waals surface area (Å²) < 4.78 is 5.03. The number of carbonyl (C=O) groups is 1. The van der Waals surface area contributed by atoms with Gasteiger partial charge in [-0.25, -0.2) is 0 Å². The number of anilines is 2. The fourth-order valence-electron chi connectivity index (χ4n) is 3.67. The van der Waals surface area contributed by atoms with Crippen molar-refractivity contribution in [2.75, 3.05) is 10.2 Å². The number of thiocarbonyl (C=S) groups is 1. The van der Waals surface area contributed by atoms with Crippen LogP contribution in [0.4, 0.5) is 17.2 Å². The van der Waals surface area contributed by atoms with E-state index in [2.05, 4.69) is 15.8 Å². The number of nitrogens with zero attached hydrogens (tertiary/aromatic N) is 3. The maximum atomic E-state index is 13.4. The van der Waals surface area contributed by atoms with E-state index in [1.54, 1.807) is 43.0 Å². The van der Waals surface area contributed by atoms with Crippen molar-refractivity contribution in [2.45, 2.75) is 19.9 Å². The molecule has 0 bridgehead atoms. The third kappa shape index (κ3) is 3.95. The molecule has 2 heterocycles. The number of nitrogens with one attached hydrogen (secondary N) is 2. The standard InChI is InChI=1S/C22H19N5O4S/c1-13-12-18(25-31-13)23-21(28)19-14(2)26(15-8-4-3-5-9-15)22(32)24-20(19)16-10-6-7-11-17(16)27(29)30/h3-12,20H,1-2H3,(H,24,32)(H,23,25,28)/t20-/m0/s1. The quantitative estimate of drug-likeness (QED) is 0.338. The molecule has 0 unspecified atom stereocenters. The maximum absolute atomic E-state index is 13.4. The molecule has 0 fully saturated rings. The third-order valence-electron chi connectivity index (χ3n) is 5.06. The molecule has 162 valence electrons. The molecule has 1 aliphatic rings. The molecule has 4 rings (SSSR count). The molecular weight excluding hydrogens is 430 g/mol. The average molecular weight is 449 g/mol.